The molecule has 2 fully saturated rings. The van der Waals surface area contributed by atoms with Crippen molar-refractivity contribution in [2.75, 3.05) is 20.2 Å². The highest BCUT2D eigenvalue weighted by Gasteiger charge is 2.72. The Morgan fingerprint density at radius 2 is 1.63 bits per heavy atom. The number of hydrogen-bond acceptors (Lipinski definition) is 4. The van der Waals surface area contributed by atoms with E-state index in [0.717, 1.165) is 22.3 Å². The van der Waals surface area contributed by atoms with Crippen LogP contribution in [0.4, 0.5) is 13.6 Å². The molecule has 0 spiro atoms. The lowest BCUT2D eigenvalue weighted by Crippen LogP contribution is -2.48. The van der Waals surface area contributed by atoms with E-state index in [1.165, 1.54) is 11.9 Å². The fourth-order valence-corrected chi connectivity index (χ4v) is 5.33. The monoisotopic (exact) mass is 484 g/mol. The molecular formula is C26H26F2N2O5. The number of carbonyl (C=O) groups excluding carboxylic acids is 2. The van der Waals surface area contributed by atoms with Gasteiger partial charge in [0.05, 0.1) is 11.8 Å². The molecule has 0 heterocycles. The number of aliphatic carboxylic acids is 1. The zero-order chi connectivity index (χ0) is 24.9. The van der Waals surface area contributed by atoms with E-state index in [4.69, 9.17) is 9.84 Å². The molecule has 3 aliphatic carbocycles. The van der Waals surface area contributed by atoms with Gasteiger partial charge in [0, 0.05) is 25.6 Å². The maximum Gasteiger partial charge on any atom is 0.407 e. The molecule has 0 aromatic heterocycles. The lowest BCUT2D eigenvalue weighted by molar-refractivity contribution is -0.151. The Morgan fingerprint density at radius 1 is 1.06 bits per heavy atom. The van der Waals surface area contributed by atoms with E-state index in [2.05, 4.69) is 5.32 Å². The lowest BCUT2D eigenvalue weighted by atomic mass is 9.79. The fourth-order valence-electron chi connectivity index (χ4n) is 5.33. The highest BCUT2D eigenvalue weighted by atomic mass is 19.3. The van der Waals surface area contributed by atoms with Crippen LogP contribution in [-0.2, 0) is 14.3 Å². The molecule has 9 heteroatoms. The number of nitrogens with zero attached hydrogens (tertiary/aromatic N) is 1. The van der Waals surface area contributed by atoms with Crippen LogP contribution in [-0.4, -0.2) is 60.1 Å². The summed E-state index contributed by atoms with van der Waals surface area (Å²) in [6.45, 7) is -0.311. The molecule has 0 saturated heterocycles. The van der Waals surface area contributed by atoms with Gasteiger partial charge in [0.15, 0.2) is 0 Å². The summed E-state index contributed by atoms with van der Waals surface area (Å²) in [7, 11) is 1.43. The van der Waals surface area contributed by atoms with Crippen LogP contribution in [0.5, 0.6) is 0 Å². The van der Waals surface area contributed by atoms with Gasteiger partial charge in [-0.3, -0.25) is 9.59 Å². The number of rotatable bonds is 7. The van der Waals surface area contributed by atoms with Crippen molar-refractivity contribution < 1.29 is 33.0 Å². The van der Waals surface area contributed by atoms with E-state index in [1.54, 1.807) is 0 Å². The van der Waals surface area contributed by atoms with E-state index < -0.39 is 41.6 Å². The molecule has 2 aromatic carbocycles. The number of carboxylic acids is 1. The Hall–Kier alpha value is -3.49. The molecule has 184 valence electrons. The summed E-state index contributed by atoms with van der Waals surface area (Å²) in [6.07, 6.45) is -0.283. The maximum absolute atomic E-state index is 14.3. The summed E-state index contributed by atoms with van der Waals surface area (Å²) < 4.78 is 34.1. The minimum Gasteiger partial charge on any atom is -0.481 e. The van der Waals surface area contributed by atoms with Crippen LogP contribution >= 0.6 is 0 Å². The van der Waals surface area contributed by atoms with Crippen LogP contribution in [0, 0.1) is 17.8 Å². The van der Waals surface area contributed by atoms with E-state index in [-0.39, 0.29) is 38.0 Å². The van der Waals surface area contributed by atoms with Crippen LogP contribution in [0.15, 0.2) is 48.5 Å². The molecule has 7 nitrogen and oxygen atoms in total. The van der Waals surface area contributed by atoms with Crippen molar-refractivity contribution in [1.29, 1.82) is 0 Å². The van der Waals surface area contributed by atoms with Gasteiger partial charge in [-0.2, -0.15) is 0 Å². The van der Waals surface area contributed by atoms with Gasteiger partial charge in [0.2, 0.25) is 5.91 Å². The number of ether oxygens (including phenoxy) is 1. The quantitative estimate of drug-likeness (QED) is 0.625. The average molecular weight is 484 g/mol. The molecule has 35 heavy (non-hydrogen) atoms. The SMILES string of the molecule is CN(C(=O)C1C(CNC(=O)OCC2c3ccccc3-c3ccccc32)C1(F)F)C1CC(C(=O)O)C1. The number of carboxylic acid groups (broad SMARTS) is 1. The van der Waals surface area contributed by atoms with Gasteiger partial charge < -0.3 is 20.1 Å². The van der Waals surface area contributed by atoms with Crippen LogP contribution in [0.2, 0.25) is 0 Å². The van der Waals surface area contributed by atoms with Gasteiger partial charge in [-0.25, -0.2) is 13.6 Å². The topological polar surface area (TPSA) is 95.9 Å². The molecule has 0 aliphatic heterocycles. The molecule has 2 saturated carbocycles. The average Bonchev–Trinajstić information content (AvgIpc) is 3.20. The molecule has 0 radical (unpaired) electrons. The van der Waals surface area contributed by atoms with Crippen molar-refractivity contribution in [3.8, 4) is 11.1 Å². The number of amides is 2. The first-order valence-corrected chi connectivity index (χ1v) is 11.7. The highest BCUT2D eigenvalue weighted by molar-refractivity contribution is 5.84. The van der Waals surface area contributed by atoms with Gasteiger partial charge in [0.25, 0.3) is 5.92 Å². The first-order chi connectivity index (χ1) is 16.7. The molecule has 2 atom stereocenters. The van der Waals surface area contributed by atoms with E-state index in [1.807, 2.05) is 48.5 Å². The van der Waals surface area contributed by atoms with E-state index in [0.29, 0.717) is 0 Å². The van der Waals surface area contributed by atoms with E-state index in [9.17, 15) is 23.2 Å². The zero-order valence-corrected chi connectivity index (χ0v) is 19.1. The van der Waals surface area contributed by atoms with Crippen molar-refractivity contribution in [2.45, 2.75) is 30.7 Å². The summed E-state index contributed by atoms with van der Waals surface area (Å²) in [5, 5.41) is 11.4. The third-order valence-electron chi connectivity index (χ3n) is 7.64. The van der Waals surface area contributed by atoms with Crippen molar-refractivity contribution in [3.63, 3.8) is 0 Å². The number of alkyl carbamates (subject to hydrolysis) is 1. The second kappa shape index (κ2) is 8.62. The summed E-state index contributed by atoms with van der Waals surface area (Å²) in [5.74, 6) is -8.40. The first-order valence-electron chi connectivity index (χ1n) is 11.7. The van der Waals surface area contributed by atoms with Gasteiger partial charge in [-0.05, 0) is 35.1 Å². The minimum absolute atomic E-state index is 0.0679. The van der Waals surface area contributed by atoms with Gasteiger partial charge >= 0.3 is 12.1 Å². The zero-order valence-electron chi connectivity index (χ0n) is 19.1. The van der Waals surface area contributed by atoms with Crippen molar-refractivity contribution in [3.05, 3.63) is 59.7 Å². The molecule has 2 unspecified atom stereocenters. The molecule has 2 N–H and O–H groups in total. The van der Waals surface area contributed by atoms with Gasteiger partial charge in [0.1, 0.15) is 12.5 Å². The maximum atomic E-state index is 14.3. The Morgan fingerprint density at radius 3 is 2.20 bits per heavy atom. The van der Waals surface area contributed by atoms with Gasteiger partial charge in [-0.15, -0.1) is 0 Å². The molecule has 2 amide bonds. The summed E-state index contributed by atoms with van der Waals surface area (Å²) in [4.78, 5) is 37.1. The molecule has 0 bridgehead atoms. The van der Waals surface area contributed by atoms with Crippen LogP contribution < -0.4 is 5.32 Å². The van der Waals surface area contributed by atoms with Crippen LogP contribution in [0.3, 0.4) is 0 Å². The van der Waals surface area contributed by atoms with Crippen molar-refractivity contribution in [2.24, 2.45) is 17.8 Å². The third-order valence-corrected chi connectivity index (χ3v) is 7.64. The van der Waals surface area contributed by atoms with Crippen LogP contribution in [0.25, 0.3) is 11.1 Å². The normalized spacial score (nSPS) is 25.6. The lowest BCUT2D eigenvalue weighted by Gasteiger charge is -2.39. The number of carbonyl (C=O) groups is 3. The number of nitrogens with one attached hydrogen (secondary N) is 1. The Bertz CT molecular complexity index is 1130. The number of alkyl halides is 2. The number of benzene rings is 2. The predicted molar refractivity (Wildman–Crippen MR) is 122 cm³/mol. The number of hydrogen-bond donors (Lipinski definition) is 2. The second-order valence-electron chi connectivity index (χ2n) is 9.57. The highest BCUT2D eigenvalue weighted by Crippen LogP contribution is 2.56. The molecule has 2 aromatic rings. The minimum atomic E-state index is -3.22. The first kappa shape index (κ1) is 23.3. The smallest absolute Gasteiger partial charge is 0.407 e. The Kier molecular flexibility index (Phi) is 5.73. The Balaban J connectivity index is 1.14. The van der Waals surface area contributed by atoms with E-state index >= 15 is 0 Å². The molecule has 5 rings (SSSR count). The number of halogens is 2. The summed E-state index contributed by atoms with van der Waals surface area (Å²) >= 11 is 0. The number of fused-ring (bicyclic) bond motifs is 3. The summed E-state index contributed by atoms with van der Waals surface area (Å²) in [6, 6.07) is 15.4. The van der Waals surface area contributed by atoms with Crippen molar-refractivity contribution in [1.82, 2.24) is 10.2 Å². The summed E-state index contributed by atoms with van der Waals surface area (Å²) in [5.41, 5.74) is 4.26. The van der Waals surface area contributed by atoms with Gasteiger partial charge in [-0.1, -0.05) is 48.5 Å². The fraction of sp³-hybridized carbons (Fsp3) is 0.423. The largest absolute Gasteiger partial charge is 0.481 e. The molecule has 3 aliphatic rings. The third kappa shape index (κ3) is 4.02. The van der Waals surface area contributed by atoms with Crippen molar-refractivity contribution >= 4 is 18.0 Å². The predicted octanol–water partition coefficient (Wildman–Crippen LogP) is 3.73. The Labute approximate surface area is 201 Å². The molecular weight excluding hydrogens is 458 g/mol. The standard InChI is InChI=1S/C26H26F2N2O5/c1-30(15-10-14(11-15)24(32)33)23(31)22-21(26(22,27)28)12-29-25(34)35-13-20-18-8-4-2-6-16(18)17-7-3-5-9-19(17)20/h2-9,14-15,20-22H,10-13H2,1H3,(H,29,34)(H,32,33). The van der Waals surface area contributed by atoms with Crippen LogP contribution in [0.1, 0.15) is 29.9 Å². The second-order valence-corrected chi connectivity index (χ2v) is 9.57.